The van der Waals surface area contributed by atoms with E-state index in [1.165, 1.54) is 11.3 Å². The van der Waals surface area contributed by atoms with E-state index in [9.17, 15) is 0 Å². The van der Waals surface area contributed by atoms with Crippen LogP contribution in [-0.2, 0) is 6.42 Å². The van der Waals surface area contributed by atoms with Crippen molar-refractivity contribution in [3.63, 3.8) is 0 Å². The molecule has 0 saturated carbocycles. The zero-order valence-corrected chi connectivity index (χ0v) is 12.1. The van der Waals surface area contributed by atoms with E-state index in [0.29, 0.717) is 16.6 Å². The van der Waals surface area contributed by atoms with E-state index in [4.69, 9.17) is 16.9 Å². The van der Waals surface area contributed by atoms with Crippen LogP contribution in [0, 0.1) is 11.3 Å². The zero-order chi connectivity index (χ0) is 14.1. The van der Waals surface area contributed by atoms with Gasteiger partial charge in [-0.15, -0.1) is 0 Å². The predicted octanol–water partition coefficient (Wildman–Crippen LogP) is 4.68. The van der Waals surface area contributed by atoms with Gasteiger partial charge in [0.2, 0.25) is 0 Å². The molecular weight excluding hydrogens is 268 g/mol. The van der Waals surface area contributed by atoms with Crippen LogP contribution in [0.3, 0.4) is 0 Å². The van der Waals surface area contributed by atoms with Gasteiger partial charge in [0.05, 0.1) is 22.3 Å². The summed E-state index contributed by atoms with van der Waals surface area (Å²) in [5, 5.41) is 9.58. The lowest BCUT2D eigenvalue weighted by molar-refractivity contribution is 0.618. The first kappa shape index (κ1) is 13.0. The van der Waals surface area contributed by atoms with E-state index >= 15 is 0 Å². The molecule has 100 valence electrons. The van der Waals surface area contributed by atoms with Gasteiger partial charge in [0.1, 0.15) is 0 Å². The van der Waals surface area contributed by atoms with Crippen molar-refractivity contribution in [1.82, 2.24) is 0 Å². The highest BCUT2D eigenvalue weighted by molar-refractivity contribution is 6.33. The lowest BCUT2D eigenvalue weighted by atomic mass is 9.96. The number of benzene rings is 2. The molecule has 1 unspecified atom stereocenters. The minimum Gasteiger partial charge on any atom is -0.337 e. The third-order valence-corrected chi connectivity index (χ3v) is 4.16. The van der Waals surface area contributed by atoms with Crippen LogP contribution >= 0.6 is 11.6 Å². The maximum Gasteiger partial charge on any atom is 0.0992 e. The van der Waals surface area contributed by atoms with Crippen LogP contribution in [0.2, 0.25) is 5.02 Å². The number of nitriles is 1. The number of para-hydroxylation sites is 1. The maximum absolute atomic E-state index is 8.95. The fourth-order valence-corrected chi connectivity index (χ4v) is 3.10. The van der Waals surface area contributed by atoms with Crippen LogP contribution in [-0.4, -0.2) is 6.04 Å². The summed E-state index contributed by atoms with van der Waals surface area (Å²) in [5.41, 5.74) is 4.14. The number of hydrogen-bond donors (Lipinski definition) is 0. The quantitative estimate of drug-likeness (QED) is 0.759. The van der Waals surface area contributed by atoms with Gasteiger partial charge in [-0.3, -0.25) is 0 Å². The van der Waals surface area contributed by atoms with Crippen molar-refractivity contribution in [1.29, 1.82) is 5.26 Å². The number of halogens is 1. The second kappa shape index (κ2) is 5.19. The van der Waals surface area contributed by atoms with E-state index in [1.54, 1.807) is 6.07 Å². The van der Waals surface area contributed by atoms with Crippen molar-refractivity contribution < 1.29 is 0 Å². The second-order valence-electron chi connectivity index (χ2n) is 5.16. The van der Waals surface area contributed by atoms with Gasteiger partial charge in [-0.05, 0) is 49.6 Å². The highest BCUT2D eigenvalue weighted by Crippen LogP contribution is 2.40. The summed E-state index contributed by atoms with van der Waals surface area (Å²) < 4.78 is 0. The first-order valence-electron chi connectivity index (χ1n) is 6.77. The highest BCUT2D eigenvalue weighted by Gasteiger charge is 2.25. The Labute approximate surface area is 124 Å². The van der Waals surface area contributed by atoms with Crippen molar-refractivity contribution >= 4 is 23.0 Å². The predicted molar refractivity (Wildman–Crippen MR) is 82.5 cm³/mol. The molecule has 20 heavy (non-hydrogen) atoms. The summed E-state index contributed by atoms with van der Waals surface area (Å²) in [7, 11) is 0. The summed E-state index contributed by atoms with van der Waals surface area (Å²) in [5.74, 6) is 0. The molecule has 0 aromatic heterocycles. The molecule has 1 atom stereocenters. The number of anilines is 2. The number of fused-ring (bicyclic) bond motifs is 1. The number of hydrogen-bond acceptors (Lipinski definition) is 2. The van der Waals surface area contributed by atoms with Crippen molar-refractivity contribution in [2.45, 2.75) is 25.8 Å². The first-order valence-corrected chi connectivity index (χ1v) is 7.15. The van der Waals surface area contributed by atoms with Gasteiger partial charge in [-0.2, -0.15) is 5.26 Å². The van der Waals surface area contributed by atoms with Crippen LogP contribution in [0.1, 0.15) is 24.5 Å². The van der Waals surface area contributed by atoms with E-state index in [1.807, 2.05) is 12.1 Å². The molecule has 0 N–H and O–H groups in total. The molecule has 2 aromatic rings. The molecule has 0 amide bonds. The standard InChI is InChI=1S/C17H15ClN2/c1-12-6-8-14-4-2-3-5-16(14)20(12)17-9-7-13(11-19)10-15(17)18/h2-5,7,9-10,12H,6,8H2,1H3. The van der Waals surface area contributed by atoms with Crippen molar-refractivity contribution in [3.8, 4) is 6.07 Å². The van der Waals surface area contributed by atoms with Gasteiger partial charge in [-0.25, -0.2) is 0 Å². The Kier molecular flexibility index (Phi) is 3.38. The average Bonchev–Trinajstić information content (AvgIpc) is 2.48. The normalized spacial score (nSPS) is 17.4. The molecule has 3 heteroatoms. The summed E-state index contributed by atoms with van der Waals surface area (Å²) in [4.78, 5) is 2.28. The molecule has 0 radical (unpaired) electrons. The van der Waals surface area contributed by atoms with Gasteiger partial charge >= 0.3 is 0 Å². The lowest BCUT2D eigenvalue weighted by Crippen LogP contribution is -2.33. The summed E-state index contributed by atoms with van der Waals surface area (Å²) in [6.45, 7) is 2.21. The largest absolute Gasteiger partial charge is 0.337 e. The molecule has 0 aliphatic carbocycles. The molecule has 3 rings (SSSR count). The SMILES string of the molecule is CC1CCc2ccccc2N1c1ccc(C#N)cc1Cl. The summed E-state index contributed by atoms with van der Waals surface area (Å²) >= 11 is 6.38. The van der Waals surface area contributed by atoms with Crippen molar-refractivity contribution in [2.75, 3.05) is 4.90 Å². The van der Waals surface area contributed by atoms with Gasteiger partial charge in [-0.1, -0.05) is 29.8 Å². The molecule has 0 bridgehead atoms. The van der Waals surface area contributed by atoms with Gasteiger partial charge in [0.25, 0.3) is 0 Å². The summed E-state index contributed by atoms with van der Waals surface area (Å²) in [6, 6.07) is 16.5. The summed E-state index contributed by atoms with van der Waals surface area (Å²) in [6.07, 6.45) is 2.20. The number of aryl methyl sites for hydroxylation is 1. The molecule has 2 nitrogen and oxygen atoms in total. The van der Waals surface area contributed by atoms with Crippen LogP contribution < -0.4 is 4.90 Å². The van der Waals surface area contributed by atoms with Gasteiger partial charge < -0.3 is 4.90 Å². The molecule has 0 fully saturated rings. The fraction of sp³-hybridized carbons (Fsp3) is 0.235. The van der Waals surface area contributed by atoms with E-state index in [-0.39, 0.29) is 0 Å². The molecule has 0 spiro atoms. The third-order valence-electron chi connectivity index (χ3n) is 3.86. The first-order chi connectivity index (χ1) is 9.70. The van der Waals surface area contributed by atoms with Crippen LogP contribution in [0.15, 0.2) is 42.5 Å². The smallest absolute Gasteiger partial charge is 0.0992 e. The average molecular weight is 283 g/mol. The molecule has 2 aromatic carbocycles. The number of nitrogens with zero attached hydrogens (tertiary/aromatic N) is 2. The van der Waals surface area contributed by atoms with E-state index in [0.717, 1.165) is 18.5 Å². The van der Waals surface area contributed by atoms with Crippen molar-refractivity contribution in [2.24, 2.45) is 0 Å². The molecule has 1 aliphatic heterocycles. The number of rotatable bonds is 1. The Morgan fingerprint density at radius 1 is 1.20 bits per heavy atom. The zero-order valence-electron chi connectivity index (χ0n) is 11.3. The molecule has 1 heterocycles. The van der Waals surface area contributed by atoms with Gasteiger partial charge in [0.15, 0.2) is 0 Å². The Morgan fingerprint density at radius 2 is 2.00 bits per heavy atom. The Hall–Kier alpha value is -1.98. The third kappa shape index (κ3) is 2.15. The molecular formula is C17H15ClN2. The Morgan fingerprint density at radius 3 is 2.75 bits per heavy atom. The minimum atomic E-state index is 0.398. The van der Waals surface area contributed by atoms with E-state index in [2.05, 4.69) is 42.2 Å². The fourth-order valence-electron chi connectivity index (χ4n) is 2.83. The Bertz CT molecular complexity index is 688. The van der Waals surface area contributed by atoms with E-state index < -0.39 is 0 Å². The topological polar surface area (TPSA) is 27.0 Å². The van der Waals surface area contributed by atoms with Crippen molar-refractivity contribution in [3.05, 3.63) is 58.6 Å². The lowest BCUT2D eigenvalue weighted by Gasteiger charge is -2.37. The van der Waals surface area contributed by atoms with Crippen LogP contribution in [0.5, 0.6) is 0 Å². The van der Waals surface area contributed by atoms with Gasteiger partial charge in [0, 0.05) is 11.7 Å². The monoisotopic (exact) mass is 282 g/mol. The van der Waals surface area contributed by atoms with Crippen LogP contribution in [0.4, 0.5) is 11.4 Å². The highest BCUT2D eigenvalue weighted by atomic mass is 35.5. The molecule has 1 aliphatic rings. The molecule has 0 saturated heterocycles. The maximum atomic E-state index is 8.95. The minimum absolute atomic E-state index is 0.398. The Balaban J connectivity index is 2.12. The van der Waals surface area contributed by atoms with Crippen LogP contribution in [0.25, 0.3) is 0 Å². The second-order valence-corrected chi connectivity index (χ2v) is 5.57.